The van der Waals surface area contributed by atoms with Crippen molar-refractivity contribution in [3.8, 4) is 5.75 Å². The molecule has 122 valence electrons. The molecule has 0 spiro atoms. The minimum Gasteiger partial charge on any atom is -0.508 e. The molecular formula is C16H14N4O4. The van der Waals surface area contributed by atoms with E-state index in [9.17, 15) is 20.0 Å². The number of nitrogens with zero attached hydrogens (tertiary/aromatic N) is 3. The molecule has 0 aromatic heterocycles. The Morgan fingerprint density at radius 3 is 2.46 bits per heavy atom. The van der Waals surface area contributed by atoms with Crippen LogP contribution in [0.25, 0.3) is 0 Å². The van der Waals surface area contributed by atoms with E-state index in [2.05, 4.69) is 10.3 Å². The Balaban J connectivity index is 1.73. The van der Waals surface area contributed by atoms with Crippen molar-refractivity contribution in [2.75, 3.05) is 18.4 Å². The fraction of sp³-hybridized carbons (Fsp3) is 0.125. The average Bonchev–Trinajstić information content (AvgIpc) is 3.06. The van der Waals surface area contributed by atoms with Crippen molar-refractivity contribution in [3.63, 3.8) is 0 Å². The van der Waals surface area contributed by atoms with Crippen molar-refractivity contribution in [3.05, 3.63) is 64.2 Å². The quantitative estimate of drug-likeness (QED) is 0.667. The molecule has 0 aliphatic carbocycles. The van der Waals surface area contributed by atoms with Gasteiger partial charge in [0.25, 0.3) is 5.69 Å². The van der Waals surface area contributed by atoms with Gasteiger partial charge >= 0.3 is 6.03 Å². The molecule has 8 nitrogen and oxygen atoms in total. The zero-order valence-electron chi connectivity index (χ0n) is 12.5. The molecule has 0 atom stereocenters. The molecule has 0 fully saturated rings. The summed E-state index contributed by atoms with van der Waals surface area (Å²) in [7, 11) is 0. The second kappa shape index (κ2) is 6.37. The minimum atomic E-state index is -0.498. The average molecular weight is 326 g/mol. The van der Waals surface area contributed by atoms with Gasteiger partial charge in [0.05, 0.1) is 11.5 Å². The number of hydrogen-bond donors (Lipinski definition) is 2. The van der Waals surface area contributed by atoms with E-state index in [1.54, 1.807) is 12.1 Å². The highest BCUT2D eigenvalue weighted by molar-refractivity contribution is 6.11. The van der Waals surface area contributed by atoms with Crippen LogP contribution in [0.15, 0.2) is 53.5 Å². The summed E-state index contributed by atoms with van der Waals surface area (Å²) in [6.45, 7) is 0.929. The Labute approximate surface area is 137 Å². The number of amides is 2. The summed E-state index contributed by atoms with van der Waals surface area (Å²) < 4.78 is 0. The lowest BCUT2D eigenvalue weighted by molar-refractivity contribution is -0.384. The zero-order chi connectivity index (χ0) is 17.1. The number of phenols is 1. The molecule has 2 amide bonds. The van der Waals surface area contributed by atoms with E-state index in [0.717, 1.165) is 5.56 Å². The number of nitro benzene ring substituents is 1. The predicted octanol–water partition coefficient (Wildman–Crippen LogP) is 2.59. The van der Waals surface area contributed by atoms with Gasteiger partial charge in [0.15, 0.2) is 0 Å². The van der Waals surface area contributed by atoms with Crippen LogP contribution in [0.2, 0.25) is 0 Å². The maximum absolute atomic E-state index is 12.4. The number of rotatable bonds is 3. The third-order valence-electron chi connectivity index (χ3n) is 3.54. The number of carbonyl (C=O) groups excluding carboxylic acids is 1. The second-order valence-electron chi connectivity index (χ2n) is 5.14. The van der Waals surface area contributed by atoms with Gasteiger partial charge in [-0.3, -0.25) is 20.0 Å². The second-order valence-corrected chi connectivity index (χ2v) is 5.14. The van der Waals surface area contributed by atoms with E-state index in [0.29, 0.717) is 24.6 Å². The Kier molecular flexibility index (Phi) is 4.11. The monoisotopic (exact) mass is 326 g/mol. The first-order valence-electron chi connectivity index (χ1n) is 7.21. The summed E-state index contributed by atoms with van der Waals surface area (Å²) in [5.74, 6) is 0.661. The van der Waals surface area contributed by atoms with Crippen molar-refractivity contribution in [2.24, 2.45) is 4.99 Å². The molecule has 1 heterocycles. The van der Waals surface area contributed by atoms with Crippen LogP contribution in [0.4, 0.5) is 16.2 Å². The first-order chi connectivity index (χ1) is 11.5. The number of urea groups is 1. The normalized spacial score (nSPS) is 13.5. The molecule has 24 heavy (non-hydrogen) atoms. The Morgan fingerprint density at radius 2 is 1.83 bits per heavy atom. The Bertz CT molecular complexity index is 800. The molecule has 8 heteroatoms. The van der Waals surface area contributed by atoms with Crippen LogP contribution < -0.4 is 5.32 Å². The third-order valence-corrected chi connectivity index (χ3v) is 3.54. The van der Waals surface area contributed by atoms with Crippen LogP contribution in [-0.2, 0) is 0 Å². The smallest absolute Gasteiger partial charge is 0.327 e. The van der Waals surface area contributed by atoms with Gasteiger partial charge in [-0.15, -0.1) is 0 Å². The summed E-state index contributed by atoms with van der Waals surface area (Å²) >= 11 is 0. The molecule has 2 aromatic rings. The van der Waals surface area contributed by atoms with Crippen LogP contribution in [0, 0.1) is 10.1 Å². The van der Waals surface area contributed by atoms with E-state index in [1.165, 1.54) is 41.3 Å². The summed E-state index contributed by atoms with van der Waals surface area (Å²) in [4.78, 5) is 28.4. The topological polar surface area (TPSA) is 108 Å². The molecule has 3 rings (SSSR count). The van der Waals surface area contributed by atoms with Gasteiger partial charge in [-0.1, -0.05) is 0 Å². The number of anilines is 1. The fourth-order valence-electron chi connectivity index (χ4n) is 2.36. The number of nitrogens with one attached hydrogen (secondary N) is 1. The van der Waals surface area contributed by atoms with Crippen LogP contribution in [-0.4, -0.2) is 39.9 Å². The molecule has 1 aliphatic rings. The first kappa shape index (κ1) is 15.5. The van der Waals surface area contributed by atoms with Gasteiger partial charge in [0.2, 0.25) is 0 Å². The molecule has 0 saturated heterocycles. The van der Waals surface area contributed by atoms with Gasteiger partial charge in [-0.25, -0.2) is 4.79 Å². The molecule has 2 N–H and O–H groups in total. The number of aromatic hydroxyl groups is 1. The molecule has 0 bridgehead atoms. The van der Waals surface area contributed by atoms with Gasteiger partial charge in [0, 0.05) is 29.9 Å². The Morgan fingerprint density at radius 1 is 1.17 bits per heavy atom. The van der Waals surface area contributed by atoms with Gasteiger partial charge < -0.3 is 10.4 Å². The molecule has 2 aromatic carbocycles. The van der Waals surface area contributed by atoms with Crippen LogP contribution >= 0.6 is 0 Å². The predicted molar refractivity (Wildman–Crippen MR) is 88.3 cm³/mol. The number of nitro groups is 1. The van der Waals surface area contributed by atoms with E-state index in [4.69, 9.17) is 0 Å². The van der Waals surface area contributed by atoms with E-state index < -0.39 is 4.92 Å². The van der Waals surface area contributed by atoms with Crippen molar-refractivity contribution < 1.29 is 14.8 Å². The number of carbonyl (C=O) groups is 1. The lowest BCUT2D eigenvalue weighted by atomic mass is 10.2. The van der Waals surface area contributed by atoms with Crippen LogP contribution in [0.1, 0.15) is 5.56 Å². The summed E-state index contributed by atoms with van der Waals surface area (Å²) in [6.07, 6.45) is 0. The minimum absolute atomic E-state index is 0.0412. The van der Waals surface area contributed by atoms with Crippen molar-refractivity contribution in [1.29, 1.82) is 0 Å². The fourth-order valence-corrected chi connectivity index (χ4v) is 2.36. The highest BCUT2D eigenvalue weighted by Gasteiger charge is 2.25. The molecule has 0 radical (unpaired) electrons. The number of amidine groups is 1. The third kappa shape index (κ3) is 3.17. The number of non-ortho nitro benzene ring substituents is 1. The number of aliphatic imine (C=N–C) groups is 1. The van der Waals surface area contributed by atoms with E-state index in [-0.39, 0.29) is 17.5 Å². The van der Waals surface area contributed by atoms with Crippen LogP contribution in [0.5, 0.6) is 5.75 Å². The molecule has 1 aliphatic heterocycles. The Hall–Kier alpha value is -3.42. The summed E-state index contributed by atoms with van der Waals surface area (Å²) in [6, 6.07) is 11.7. The standard InChI is InChI=1S/C16H14N4O4/c21-14-7-1-11(2-8-14)15-17-9-10-19(15)16(22)18-12-3-5-13(6-4-12)20(23)24/h1-8,21H,9-10H2,(H,18,22). The van der Waals surface area contributed by atoms with E-state index >= 15 is 0 Å². The maximum atomic E-state index is 12.4. The largest absolute Gasteiger partial charge is 0.508 e. The van der Waals surface area contributed by atoms with Gasteiger partial charge in [-0.2, -0.15) is 0 Å². The maximum Gasteiger partial charge on any atom is 0.327 e. The number of phenolic OH excluding ortho intramolecular Hbond substituents is 1. The first-order valence-corrected chi connectivity index (χ1v) is 7.21. The highest BCUT2D eigenvalue weighted by atomic mass is 16.6. The number of benzene rings is 2. The SMILES string of the molecule is O=C(Nc1ccc([N+](=O)[O-])cc1)N1CCN=C1c1ccc(O)cc1. The van der Waals surface area contributed by atoms with Crippen LogP contribution in [0.3, 0.4) is 0 Å². The highest BCUT2D eigenvalue weighted by Crippen LogP contribution is 2.19. The van der Waals surface area contributed by atoms with Crippen molar-refractivity contribution >= 4 is 23.2 Å². The molecule has 0 unspecified atom stereocenters. The van der Waals surface area contributed by atoms with Gasteiger partial charge in [0.1, 0.15) is 11.6 Å². The lowest BCUT2D eigenvalue weighted by Crippen LogP contribution is -2.38. The number of hydrogen-bond acceptors (Lipinski definition) is 5. The molecule has 0 saturated carbocycles. The molecular weight excluding hydrogens is 312 g/mol. The van der Waals surface area contributed by atoms with Crippen molar-refractivity contribution in [2.45, 2.75) is 0 Å². The lowest BCUT2D eigenvalue weighted by Gasteiger charge is -2.19. The zero-order valence-corrected chi connectivity index (χ0v) is 12.5. The summed E-state index contributed by atoms with van der Waals surface area (Å²) in [5.41, 5.74) is 1.15. The van der Waals surface area contributed by atoms with Crippen molar-refractivity contribution in [1.82, 2.24) is 4.90 Å². The van der Waals surface area contributed by atoms with E-state index in [1.807, 2.05) is 0 Å². The van der Waals surface area contributed by atoms with Gasteiger partial charge in [-0.05, 0) is 36.4 Å². The summed E-state index contributed by atoms with van der Waals surface area (Å²) in [5, 5.41) is 22.7.